The van der Waals surface area contributed by atoms with Crippen molar-refractivity contribution < 1.29 is 27.8 Å². The fraction of sp³-hybridized carbons (Fsp3) is 0.227. The van der Waals surface area contributed by atoms with Gasteiger partial charge in [0.1, 0.15) is 0 Å². The maximum Gasteiger partial charge on any atom is 0.416 e. The molecule has 1 atom stereocenters. The van der Waals surface area contributed by atoms with Crippen molar-refractivity contribution in [3.63, 3.8) is 0 Å². The highest BCUT2D eigenvalue weighted by Crippen LogP contribution is 2.33. The van der Waals surface area contributed by atoms with Gasteiger partial charge in [-0.2, -0.15) is 13.2 Å². The Labute approximate surface area is 160 Å². The van der Waals surface area contributed by atoms with Crippen LogP contribution in [0.3, 0.4) is 0 Å². The second-order valence-electron chi connectivity index (χ2n) is 6.60. The zero-order valence-corrected chi connectivity index (χ0v) is 14.9. The number of carboxylic acid groups (broad SMARTS) is 1. The molecule has 1 aliphatic rings. The van der Waals surface area contributed by atoms with E-state index in [9.17, 15) is 18.0 Å². The lowest BCUT2D eigenvalue weighted by atomic mass is 9.90. The Hall–Kier alpha value is -2.86. The first-order chi connectivity index (χ1) is 13.3. The molecule has 2 aromatic carbocycles. The molecule has 0 bridgehead atoms. The third kappa shape index (κ3) is 5.33. The molecule has 1 aliphatic carbocycles. The van der Waals surface area contributed by atoms with E-state index < -0.39 is 17.7 Å². The van der Waals surface area contributed by atoms with Gasteiger partial charge in [0.05, 0.1) is 24.7 Å². The van der Waals surface area contributed by atoms with E-state index >= 15 is 0 Å². The highest BCUT2D eigenvalue weighted by atomic mass is 19.4. The molecule has 0 aliphatic heterocycles. The second kappa shape index (κ2) is 8.44. The molecule has 0 fully saturated rings. The molecule has 0 heterocycles. The van der Waals surface area contributed by atoms with Gasteiger partial charge < -0.3 is 9.84 Å². The van der Waals surface area contributed by atoms with Crippen molar-refractivity contribution in [1.29, 1.82) is 0 Å². The summed E-state index contributed by atoms with van der Waals surface area (Å²) in [5.41, 5.74) is 2.22. The van der Waals surface area contributed by atoms with Crippen LogP contribution in [0.1, 0.15) is 29.5 Å². The maximum atomic E-state index is 12.8. The van der Waals surface area contributed by atoms with Crippen molar-refractivity contribution in [3.8, 4) is 0 Å². The van der Waals surface area contributed by atoms with Crippen molar-refractivity contribution in [2.24, 2.45) is 0 Å². The molecule has 0 amide bonds. The lowest BCUT2D eigenvalue weighted by molar-refractivity contribution is -0.138. The number of halogens is 3. The molecule has 0 saturated carbocycles. The van der Waals surface area contributed by atoms with Gasteiger partial charge in [0.2, 0.25) is 0 Å². The van der Waals surface area contributed by atoms with E-state index in [-0.39, 0.29) is 12.5 Å². The topological polar surface area (TPSA) is 46.5 Å². The Morgan fingerprint density at radius 2 is 1.75 bits per heavy atom. The Balaban J connectivity index is 1.79. The second-order valence-corrected chi connectivity index (χ2v) is 6.60. The number of allylic oxidation sites excluding steroid dienone is 1. The largest absolute Gasteiger partial charge is 0.481 e. The average Bonchev–Trinajstić information content (AvgIpc) is 2.66. The van der Waals surface area contributed by atoms with E-state index in [0.717, 1.165) is 23.3 Å². The third-order valence-corrected chi connectivity index (χ3v) is 4.43. The summed E-state index contributed by atoms with van der Waals surface area (Å²) in [6.07, 6.45) is -0.966. The summed E-state index contributed by atoms with van der Waals surface area (Å²) in [5.74, 6) is -0.974. The average molecular weight is 388 g/mol. The molecule has 2 aromatic rings. The van der Waals surface area contributed by atoms with Crippen LogP contribution in [0.5, 0.6) is 0 Å². The van der Waals surface area contributed by atoms with Crippen LogP contribution in [0, 0.1) is 0 Å². The predicted octanol–water partition coefficient (Wildman–Crippen LogP) is 5.48. The smallest absolute Gasteiger partial charge is 0.416 e. The van der Waals surface area contributed by atoms with Gasteiger partial charge in [0, 0.05) is 6.42 Å². The fourth-order valence-corrected chi connectivity index (χ4v) is 3.09. The molecule has 3 rings (SSSR count). The fourth-order valence-electron chi connectivity index (χ4n) is 3.09. The summed E-state index contributed by atoms with van der Waals surface area (Å²) in [4.78, 5) is 11.1. The van der Waals surface area contributed by atoms with Crippen LogP contribution in [-0.4, -0.2) is 17.2 Å². The zero-order valence-electron chi connectivity index (χ0n) is 14.9. The van der Waals surface area contributed by atoms with Gasteiger partial charge in [-0.1, -0.05) is 54.6 Å². The van der Waals surface area contributed by atoms with Gasteiger partial charge in [-0.15, -0.1) is 0 Å². The number of carbonyl (C=O) groups is 1. The summed E-state index contributed by atoms with van der Waals surface area (Å²) in [7, 11) is 0. The minimum Gasteiger partial charge on any atom is -0.481 e. The van der Waals surface area contributed by atoms with E-state index in [1.165, 1.54) is 12.1 Å². The van der Waals surface area contributed by atoms with Gasteiger partial charge in [0.15, 0.2) is 0 Å². The van der Waals surface area contributed by atoms with Crippen LogP contribution < -0.4 is 0 Å². The first kappa shape index (κ1) is 19.9. The monoisotopic (exact) mass is 388 g/mol. The summed E-state index contributed by atoms with van der Waals surface area (Å²) in [6.45, 7) is 0.364. The number of hydrogen-bond donors (Lipinski definition) is 1. The predicted molar refractivity (Wildman–Crippen MR) is 99.4 cm³/mol. The lowest BCUT2D eigenvalue weighted by Crippen LogP contribution is -2.16. The summed E-state index contributed by atoms with van der Waals surface area (Å²) in [6, 6.07) is 14.4. The molecule has 3 nitrogen and oxygen atoms in total. The molecular weight excluding hydrogens is 369 g/mol. The Morgan fingerprint density at radius 3 is 2.36 bits per heavy atom. The highest BCUT2D eigenvalue weighted by Gasteiger charge is 2.30. The number of carboxylic acids is 1. The van der Waals surface area contributed by atoms with Crippen LogP contribution in [-0.2, 0) is 22.3 Å². The van der Waals surface area contributed by atoms with Crippen molar-refractivity contribution in [2.75, 3.05) is 0 Å². The molecule has 1 N–H and O–H groups in total. The molecule has 146 valence electrons. The minimum atomic E-state index is -4.39. The van der Waals surface area contributed by atoms with E-state index in [1.54, 1.807) is 12.2 Å². The van der Waals surface area contributed by atoms with Crippen molar-refractivity contribution in [3.05, 3.63) is 89.0 Å². The van der Waals surface area contributed by atoms with Gasteiger partial charge in [0.25, 0.3) is 0 Å². The van der Waals surface area contributed by atoms with Gasteiger partial charge in [-0.25, -0.2) is 0 Å². The van der Waals surface area contributed by atoms with Crippen LogP contribution >= 0.6 is 0 Å². The van der Waals surface area contributed by atoms with Gasteiger partial charge >= 0.3 is 12.1 Å². The Kier molecular flexibility index (Phi) is 5.99. The number of aliphatic carboxylic acids is 1. The molecule has 28 heavy (non-hydrogen) atoms. The van der Waals surface area contributed by atoms with Crippen molar-refractivity contribution >= 4 is 11.5 Å². The maximum absolute atomic E-state index is 12.8. The van der Waals surface area contributed by atoms with E-state index in [4.69, 9.17) is 9.84 Å². The van der Waals surface area contributed by atoms with Crippen molar-refractivity contribution in [2.45, 2.75) is 31.7 Å². The summed E-state index contributed by atoms with van der Waals surface area (Å²) in [5, 5.41) is 9.11. The van der Waals surface area contributed by atoms with Crippen LogP contribution in [0.4, 0.5) is 13.2 Å². The normalized spacial score (nSPS) is 17.0. The number of hydrogen-bond acceptors (Lipinski definition) is 2. The van der Waals surface area contributed by atoms with E-state index in [1.807, 2.05) is 30.3 Å². The molecule has 0 aromatic heterocycles. The standard InChI is InChI=1S/C22H19F3O3/c23-22(24,25)19-8-6-17(7-9-19)18-10-16(12-21(26)27)11-20(13-18)28-14-15-4-2-1-3-5-15/h1-11,20H,12-14H2,(H,26,27). The Morgan fingerprint density at radius 1 is 1.07 bits per heavy atom. The number of ether oxygens (including phenoxy) is 1. The van der Waals surface area contributed by atoms with E-state index in [2.05, 4.69) is 0 Å². The van der Waals surface area contributed by atoms with E-state index in [0.29, 0.717) is 24.2 Å². The quantitative estimate of drug-likeness (QED) is 0.713. The van der Waals surface area contributed by atoms with Gasteiger partial charge in [-0.3, -0.25) is 4.79 Å². The summed E-state index contributed by atoms with van der Waals surface area (Å²) < 4.78 is 44.3. The van der Waals surface area contributed by atoms with Crippen LogP contribution in [0.2, 0.25) is 0 Å². The lowest BCUT2D eigenvalue weighted by Gasteiger charge is -2.23. The third-order valence-electron chi connectivity index (χ3n) is 4.43. The molecular formula is C22H19F3O3. The van der Waals surface area contributed by atoms with Gasteiger partial charge in [-0.05, 0) is 34.4 Å². The molecule has 0 radical (unpaired) electrons. The zero-order chi connectivity index (χ0) is 20.1. The first-order valence-electron chi connectivity index (χ1n) is 8.77. The number of rotatable bonds is 6. The molecule has 6 heteroatoms. The number of alkyl halides is 3. The Bertz CT molecular complexity index is 881. The number of benzene rings is 2. The minimum absolute atomic E-state index is 0.171. The van der Waals surface area contributed by atoms with Crippen LogP contribution in [0.15, 0.2) is 72.3 Å². The van der Waals surface area contributed by atoms with Crippen molar-refractivity contribution in [1.82, 2.24) is 0 Å². The summed E-state index contributed by atoms with van der Waals surface area (Å²) >= 11 is 0. The van der Waals surface area contributed by atoms with Crippen LogP contribution in [0.25, 0.3) is 5.57 Å². The first-order valence-corrected chi connectivity index (χ1v) is 8.77. The molecule has 1 unspecified atom stereocenters. The molecule has 0 spiro atoms. The highest BCUT2D eigenvalue weighted by molar-refractivity contribution is 5.76. The molecule has 0 saturated heterocycles. The SMILES string of the molecule is O=C(O)CC1=CC(OCc2ccccc2)CC(c2ccc(C(F)(F)F)cc2)=C1.